The maximum absolute atomic E-state index is 14.6. The van der Waals surface area contributed by atoms with Gasteiger partial charge in [0.2, 0.25) is 10.0 Å². The third-order valence-corrected chi connectivity index (χ3v) is 8.22. The minimum atomic E-state index is -3.90. The Labute approximate surface area is 186 Å². The summed E-state index contributed by atoms with van der Waals surface area (Å²) in [5, 5.41) is 0. The van der Waals surface area contributed by atoms with E-state index in [4.69, 9.17) is 4.74 Å². The van der Waals surface area contributed by atoms with Gasteiger partial charge in [-0.3, -0.25) is 4.79 Å². The van der Waals surface area contributed by atoms with Crippen molar-refractivity contribution in [1.82, 2.24) is 4.31 Å². The van der Waals surface area contributed by atoms with Crippen LogP contribution in [0, 0.1) is 11.6 Å². The van der Waals surface area contributed by atoms with Gasteiger partial charge < -0.3 is 9.64 Å². The van der Waals surface area contributed by atoms with Crippen LogP contribution in [0.3, 0.4) is 0 Å². The number of amides is 1. The number of methoxy groups -OCH3 is 1. The Bertz CT molecular complexity index is 1150. The number of hydrogen-bond donors (Lipinski definition) is 0. The van der Waals surface area contributed by atoms with Gasteiger partial charge in [0, 0.05) is 30.8 Å². The first-order valence-corrected chi connectivity index (χ1v) is 12.2. The van der Waals surface area contributed by atoms with Gasteiger partial charge in [-0.15, -0.1) is 0 Å². The van der Waals surface area contributed by atoms with E-state index in [1.54, 1.807) is 0 Å². The molecule has 2 heterocycles. The highest BCUT2D eigenvalue weighted by Crippen LogP contribution is 2.35. The second-order valence-electron chi connectivity index (χ2n) is 8.28. The van der Waals surface area contributed by atoms with Crippen LogP contribution in [0.5, 0.6) is 5.75 Å². The maximum atomic E-state index is 14.6. The van der Waals surface area contributed by atoms with E-state index in [0.29, 0.717) is 24.9 Å². The Morgan fingerprint density at radius 1 is 1.09 bits per heavy atom. The molecule has 1 atom stereocenters. The van der Waals surface area contributed by atoms with E-state index in [1.165, 1.54) is 40.6 Å². The average Bonchev–Trinajstić information content (AvgIpc) is 2.77. The first-order valence-electron chi connectivity index (χ1n) is 10.7. The van der Waals surface area contributed by atoms with Gasteiger partial charge in [0.15, 0.2) is 0 Å². The van der Waals surface area contributed by atoms with Crippen molar-refractivity contribution in [1.29, 1.82) is 0 Å². The second kappa shape index (κ2) is 8.78. The molecule has 32 heavy (non-hydrogen) atoms. The van der Waals surface area contributed by atoms with Crippen LogP contribution in [0.15, 0.2) is 35.2 Å². The van der Waals surface area contributed by atoms with E-state index < -0.39 is 27.6 Å². The van der Waals surface area contributed by atoms with Crippen molar-refractivity contribution in [3.63, 3.8) is 0 Å². The summed E-state index contributed by atoms with van der Waals surface area (Å²) >= 11 is 0. The molecule has 2 aliphatic rings. The number of ether oxygens (including phenoxy) is 1. The quantitative estimate of drug-likeness (QED) is 0.683. The topological polar surface area (TPSA) is 66.9 Å². The lowest BCUT2D eigenvalue weighted by molar-refractivity contribution is 0.0983. The van der Waals surface area contributed by atoms with Crippen LogP contribution in [0.2, 0.25) is 0 Å². The number of carbonyl (C=O) groups is 1. The average molecular weight is 465 g/mol. The zero-order chi connectivity index (χ0) is 23.0. The first kappa shape index (κ1) is 22.7. The van der Waals surface area contributed by atoms with E-state index >= 15 is 0 Å². The molecule has 0 aromatic heterocycles. The highest BCUT2D eigenvalue weighted by molar-refractivity contribution is 7.89. The molecule has 0 N–H and O–H groups in total. The number of piperidine rings is 1. The molecule has 0 radical (unpaired) electrons. The number of carbonyl (C=O) groups excluding carboxylic acids is 1. The Kier molecular flexibility index (Phi) is 6.22. The minimum absolute atomic E-state index is 0.0486. The van der Waals surface area contributed by atoms with Crippen molar-refractivity contribution in [3.05, 3.63) is 53.1 Å². The summed E-state index contributed by atoms with van der Waals surface area (Å²) in [6.07, 6.45) is 3.51. The third kappa shape index (κ3) is 3.99. The SMILES string of the molecule is COc1ccc(C(=O)N2CCCc3cc(F)cc(F)c32)cc1S(=O)(=O)N1CCCCC1C. The zero-order valence-corrected chi connectivity index (χ0v) is 18.9. The number of benzene rings is 2. The molecule has 0 spiro atoms. The predicted octanol–water partition coefficient (Wildman–Crippen LogP) is 4.13. The van der Waals surface area contributed by atoms with Crippen LogP contribution < -0.4 is 9.64 Å². The molecule has 0 saturated carbocycles. The Balaban J connectivity index is 1.75. The van der Waals surface area contributed by atoms with Crippen LogP contribution >= 0.6 is 0 Å². The monoisotopic (exact) mass is 464 g/mol. The lowest BCUT2D eigenvalue weighted by Gasteiger charge is -2.33. The van der Waals surface area contributed by atoms with Crippen LogP contribution in [-0.4, -0.2) is 44.9 Å². The summed E-state index contributed by atoms with van der Waals surface area (Å²) in [4.78, 5) is 14.5. The molecule has 172 valence electrons. The van der Waals surface area contributed by atoms with Crippen LogP contribution in [0.25, 0.3) is 0 Å². The molecule has 2 aromatic rings. The lowest BCUT2D eigenvalue weighted by atomic mass is 10.00. The van der Waals surface area contributed by atoms with Crippen molar-refractivity contribution in [2.45, 2.75) is 50.0 Å². The molecule has 1 saturated heterocycles. The molecular weight excluding hydrogens is 438 g/mol. The Hall–Kier alpha value is -2.52. The van der Waals surface area contributed by atoms with Gasteiger partial charge in [-0.2, -0.15) is 4.31 Å². The normalized spacial score (nSPS) is 19.5. The largest absolute Gasteiger partial charge is 0.495 e. The van der Waals surface area contributed by atoms with Crippen molar-refractivity contribution in [2.75, 3.05) is 25.1 Å². The Morgan fingerprint density at radius 2 is 1.88 bits per heavy atom. The summed E-state index contributed by atoms with van der Waals surface area (Å²) in [7, 11) is -2.53. The molecule has 1 fully saturated rings. The van der Waals surface area contributed by atoms with Crippen molar-refractivity contribution < 1.29 is 26.7 Å². The molecule has 1 unspecified atom stereocenters. The predicted molar refractivity (Wildman–Crippen MR) is 117 cm³/mol. The number of hydrogen-bond acceptors (Lipinski definition) is 4. The highest BCUT2D eigenvalue weighted by atomic mass is 32.2. The van der Waals surface area contributed by atoms with Crippen LogP contribution in [0.1, 0.15) is 48.5 Å². The highest BCUT2D eigenvalue weighted by Gasteiger charge is 2.34. The number of nitrogens with zero attached hydrogens (tertiary/aromatic N) is 2. The molecule has 2 aliphatic heterocycles. The van der Waals surface area contributed by atoms with Crippen LogP contribution in [-0.2, 0) is 16.4 Å². The molecule has 0 bridgehead atoms. The Morgan fingerprint density at radius 3 is 2.59 bits per heavy atom. The molecule has 9 heteroatoms. The lowest BCUT2D eigenvalue weighted by Crippen LogP contribution is -2.42. The molecule has 6 nitrogen and oxygen atoms in total. The van der Waals surface area contributed by atoms with Gasteiger partial charge in [-0.05, 0) is 62.4 Å². The van der Waals surface area contributed by atoms with Gasteiger partial charge in [0.25, 0.3) is 5.91 Å². The number of sulfonamides is 1. The number of rotatable bonds is 4. The van der Waals surface area contributed by atoms with E-state index in [0.717, 1.165) is 25.3 Å². The minimum Gasteiger partial charge on any atom is -0.495 e. The standard InChI is InChI=1S/C23H26F2N2O4S/c1-15-6-3-4-11-27(15)32(29,30)21-13-17(8-9-20(21)31-2)23(28)26-10-5-7-16-12-18(24)14-19(25)22(16)26/h8-9,12-15H,3-7,10-11H2,1-2H3. The smallest absolute Gasteiger partial charge is 0.258 e. The van der Waals surface area contributed by atoms with Crippen molar-refractivity contribution >= 4 is 21.6 Å². The van der Waals surface area contributed by atoms with Crippen molar-refractivity contribution in [3.8, 4) is 5.75 Å². The number of fused-ring (bicyclic) bond motifs is 1. The summed E-state index contributed by atoms with van der Waals surface area (Å²) in [5.74, 6) is -1.89. The number of aryl methyl sites for hydroxylation is 1. The summed E-state index contributed by atoms with van der Waals surface area (Å²) in [6.45, 7) is 2.53. The van der Waals surface area contributed by atoms with Gasteiger partial charge in [0.1, 0.15) is 22.3 Å². The maximum Gasteiger partial charge on any atom is 0.258 e. The second-order valence-corrected chi connectivity index (χ2v) is 10.1. The van der Waals surface area contributed by atoms with E-state index in [2.05, 4.69) is 0 Å². The van der Waals surface area contributed by atoms with Crippen LogP contribution in [0.4, 0.5) is 14.5 Å². The van der Waals surface area contributed by atoms with Gasteiger partial charge in [-0.1, -0.05) is 6.42 Å². The zero-order valence-electron chi connectivity index (χ0n) is 18.1. The number of halogens is 2. The number of anilines is 1. The molecule has 0 aliphatic carbocycles. The van der Waals surface area contributed by atoms with E-state index in [9.17, 15) is 22.0 Å². The fraction of sp³-hybridized carbons (Fsp3) is 0.435. The summed E-state index contributed by atoms with van der Waals surface area (Å²) in [6, 6.07) is 6.05. The molecule has 4 rings (SSSR count). The molecular formula is C23H26F2N2O4S. The third-order valence-electron chi connectivity index (χ3n) is 6.19. The summed E-state index contributed by atoms with van der Waals surface area (Å²) < 4.78 is 61.8. The van der Waals surface area contributed by atoms with Gasteiger partial charge >= 0.3 is 0 Å². The van der Waals surface area contributed by atoms with E-state index in [-0.39, 0.29) is 34.5 Å². The molecule has 2 aromatic carbocycles. The molecule has 1 amide bonds. The fourth-order valence-corrected chi connectivity index (χ4v) is 6.46. The van der Waals surface area contributed by atoms with E-state index in [1.807, 2.05) is 6.92 Å². The fourth-order valence-electron chi connectivity index (χ4n) is 4.58. The van der Waals surface area contributed by atoms with Gasteiger partial charge in [0.05, 0.1) is 12.8 Å². The van der Waals surface area contributed by atoms with Gasteiger partial charge in [-0.25, -0.2) is 17.2 Å². The first-order chi connectivity index (χ1) is 15.2. The van der Waals surface area contributed by atoms with Crippen molar-refractivity contribution in [2.24, 2.45) is 0 Å². The summed E-state index contributed by atoms with van der Waals surface area (Å²) in [5.41, 5.74) is 0.573.